The predicted octanol–water partition coefficient (Wildman–Crippen LogP) is 2.74. The highest BCUT2D eigenvalue weighted by atomic mass is 79.9. The lowest BCUT2D eigenvalue weighted by Gasteiger charge is -2.39. The fourth-order valence-electron chi connectivity index (χ4n) is 1.82. The summed E-state index contributed by atoms with van der Waals surface area (Å²) in [4.78, 5) is 0. The molecule has 1 saturated heterocycles. The van der Waals surface area contributed by atoms with E-state index in [0.717, 1.165) is 29.5 Å². The summed E-state index contributed by atoms with van der Waals surface area (Å²) in [5.41, 5.74) is 1.37. The number of hydrogen-bond donors (Lipinski definition) is 1. The second-order valence-electron chi connectivity index (χ2n) is 4.33. The van der Waals surface area contributed by atoms with E-state index in [1.54, 1.807) is 12.1 Å². The van der Waals surface area contributed by atoms with E-state index in [1.165, 1.54) is 6.07 Å². The van der Waals surface area contributed by atoms with Crippen LogP contribution in [0.4, 0.5) is 4.39 Å². The van der Waals surface area contributed by atoms with Crippen LogP contribution in [-0.2, 0) is 6.42 Å². The number of nitrogens with one attached hydrogen (secondary N) is 1. The summed E-state index contributed by atoms with van der Waals surface area (Å²) >= 11 is 3.45. The second kappa shape index (κ2) is 3.63. The Kier molecular flexibility index (Phi) is 2.62. The summed E-state index contributed by atoms with van der Waals surface area (Å²) < 4.78 is 14.0. The average Bonchev–Trinajstić information content (AvgIpc) is 2.09. The van der Waals surface area contributed by atoms with Gasteiger partial charge in [-0.2, -0.15) is 0 Å². The largest absolute Gasteiger partial charge is 0.316 e. The quantitative estimate of drug-likeness (QED) is 0.860. The van der Waals surface area contributed by atoms with Crippen molar-refractivity contribution in [1.82, 2.24) is 5.32 Å². The van der Waals surface area contributed by atoms with E-state index < -0.39 is 0 Å². The van der Waals surface area contributed by atoms with Crippen molar-refractivity contribution in [2.24, 2.45) is 5.41 Å². The first-order chi connectivity index (χ1) is 6.59. The molecular formula is C11H13BrFN. The van der Waals surface area contributed by atoms with Crippen molar-refractivity contribution in [3.05, 3.63) is 34.1 Å². The Morgan fingerprint density at radius 1 is 1.50 bits per heavy atom. The standard InChI is InChI=1S/C11H13BrFN/c1-11(6-14-7-11)5-8-4-9(13)2-3-10(8)12/h2-4,14H,5-7H2,1H3. The van der Waals surface area contributed by atoms with Crippen molar-refractivity contribution < 1.29 is 4.39 Å². The molecule has 1 fully saturated rings. The molecule has 0 amide bonds. The van der Waals surface area contributed by atoms with Crippen LogP contribution in [-0.4, -0.2) is 13.1 Å². The van der Waals surface area contributed by atoms with E-state index in [4.69, 9.17) is 0 Å². The summed E-state index contributed by atoms with van der Waals surface area (Å²) in [6.07, 6.45) is 0.929. The van der Waals surface area contributed by atoms with E-state index in [2.05, 4.69) is 28.2 Å². The number of rotatable bonds is 2. The number of hydrogen-bond acceptors (Lipinski definition) is 1. The minimum absolute atomic E-state index is 0.154. The molecule has 1 aromatic rings. The smallest absolute Gasteiger partial charge is 0.123 e. The van der Waals surface area contributed by atoms with Gasteiger partial charge in [0, 0.05) is 17.6 Å². The van der Waals surface area contributed by atoms with Crippen LogP contribution in [0.3, 0.4) is 0 Å². The van der Waals surface area contributed by atoms with Gasteiger partial charge >= 0.3 is 0 Å². The average molecular weight is 258 g/mol. The maximum absolute atomic E-state index is 13.0. The van der Waals surface area contributed by atoms with Crippen LogP contribution in [0.2, 0.25) is 0 Å². The molecule has 0 radical (unpaired) electrons. The maximum atomic E-state index is 13.0. The first kappa shape index (κ1) is 10.1. The van der Waals surface area contributed by atoms with Crippen molar-refractivity contribution in [2.45, 2.75) is 13.3 Å². The fourth-order valence-corrected chi connectivity index (χ4v) is 2.20. The first-order valence-corrected chi connectivity index (χ1v) is 5.53. The van der Waals surface area contributed by atoms with Crippen molar-refractivity contribution in [1.29, 1.82) is 0 Å². The highest BCUT2D eigenvalue weighted by Gasteiger charge is 2.32. The molecule has 1 N–H and O–H groups in total. The Labute approximate surface area is 91.8 Å². The minimum Gasteiger partial charge on any atom is -0.316 e. The summed E-state index contributed by atoms with van der Waals surface area (Å²) in [5.74, 6) is -0.154. The van der Waals surface area contributed by atoms with Crippen LogP contribution in [0, 0.1) is 11.2 Å². The molecule has 3 heteroatoms. The van der Waals surface area contributed by atoms with Gasteiger partial charge in [0.15, 0.2) is 0 Å². The summed E-state index contributed by atoms with van der Waals surface area (Å²) in [6, 6.07) is 4.88. The van der Waals surface area contributed by atoms with E-state index in [1.807, 2.05) is 0 Å². The molecule has 2 rings (SSSR count). The Balaban J connectivity index is 2.19. The first-order valence-electron chi connectivity index (χ1n) is 4.74. The Morgan fingerprint density at radius 3 is 2.79 bits per heavy atom. The second-order valence-corrected chi connectivity index (χ2v) is 5.18. The van der Waals surface area contributed by atoms with Gasteiger partial charge in [0.1, 0.15) is 5.82 Å². The van der Waals surface area contributed by atoms with Crippen molar-refractivity contribution in [3.63, 3.8) is 0 Å². The number of halogens is 2. The van der Waals surface area contributed by atoms with Gasteiger partial charge in [0.2, 0.25) is 0 Å². The summed E-state index contributed by atoms with van der Waals surface area (Å²) in [5, 5.41) is 3.25. The molecule has 0 bridgehead atoms. The topological polar surface area (TPSA) is 12.0 Å². The molecule has 1 aliphatic heterocycles. The molecule has 1 heterocycles. The molecule has 1 aromatic carbocycles. The SMILES string of the molecule is CC1(Cc2cc(F)ccc2Br)CNC1. The van der Waals surface area contributed by atoms with Crippen molar-refractivity contribution >= 4 is 15.9 Å². The molecule has 0 atom stereocenters. The van der Waals surface area contributed by atoms with Gasteiger partial charge in [-0.15, -0.1) is 0 Å². The molecule has 0 aliphatic carbocycles. The van der Waals surface area contributed by atoms with Gasteiger partial charge in [-0.3, -0.25) is 0 Å². The lowest BCUT2D eigenvalue weighted by molar-refractivity contribution is 0.195. The number of benzene rings is 1. The molecule has 1 nitrogen and oxygen atoms in total. The van der Waals surface area contributed by atoms with Crippen LogP contribution >= 0.6 is 15.9 Å². The fraction of sp³-hybridized carbons (Fsp3) is 0.455. The Hall–Kier alpha value is -0.410. The Morgan fingerprint density at radius 2 is 2.21 bits per heavy atom. The molecule has 76 valence electrons. The third kappa shape index (κ3) is 1.98. The zero-order chi connectivity index (χ0) is 10.2. The normalized spacial score (nSPS) is 19.1. The van der Waals surface area contributed by atoms with Gasteiger partial charge in [-0.1, -0.05) is 22.9 Å². The van der Waals surface area contributed by atoms with Crippen LogP contribution < -0.4 is 5.32 Å². The summed E-state index contributed by atoms with van der Waals surface area (Å²) in [6.45, 7) is 4.27. The third-order valence-corrected chi connectivity index (χ3v) is 3.50. The van der Waals surface area contributed by atoms with Gasteiger partial charge in [-0.25, -0.2) is 4.39 Å². The molecule has 0 unspecified atom stereocenters. The van der Waals surface area contributed by atoms with Crippen LogP contribution in [0.15, 0.2) is 22.7 Å². The van der Waals surface area contributed by atoms with Crippen molar-refractivity contribution in [3.8, 4) is 0 Å². The van der Waals surface area contributed by atoms with Crippen LogP contribution in [0.1, 0.15) is 12.5 Å². The molecular weight excluding hydrogens is 245 g/mol. The highest BCUT2D eigenvalue weighted by Crippen LogP contribution is 2.30. The third-order valence-electron chi connectivity index (χ3n) is 2.73. The minimum atomic E-state index is -0.154. The lowest BCUT2D eigenvalue weighted by Crippen LogP contribution is -2.52. The predicted molar refractivity (Wildman–Crippen MR) is 58.8 cm³/mol. The van der Waals surface area contributed by atoms with Gasteiger partial charge in [-0.05, 0) is 35.6 Å². The van der Waals surface area contributed by atoms with E-state index in [0.29, 0.717) is 5.41 Å². The molecule has 1 aliphatic rings. The van der Waals surface area contributed by atoms with Crippen molar-refractivity contribution in [2.75, 3.05) is 13.1 Å². The van der Waals surface area contributed by atoms with E-state index >= 15 is 0 Å². The summed E-state index contributed by atoms with van der Waals surface area (Å²) in [7, 11) is 0. The van der Waals surface area contributed by atoms with Crippen LogP contribution in [0.25, 0.3) is 0 Å². The van der Waals surface area contributed by atoms with E-state index in [-0.39, 0.29) is 5.82 Å². The van der Waals surface area contributed by atoms with Gasteiger partial charge < -0.3 is 5.32 Å². The maximum Gasteiger partial charge on any atom is 0.123 e. The molecule has 0 spiro atoms. The monoisotopic (exact) mass is 257 g/mol. The van der Waals surface area contributed by atoms with Crippen LogP contribution in [0.5, 0.6) is 0 Å². The van der Waals surface area contributed by atoms with Gasteiger partial charge in [0.05, 0.1) is 0 Å². The van der Waals surface area contributed by atoms with Gasteiger partial charge in [0.25, 0.3) is 0 Å². The molecule has 0 saturated carbocycles. The lowest BCUT2D eigenvalue weighted by atomic mass is 9.78. The zero-order valence-electron chi connectivity index (χ0n) is 8.11. The highest BCUT2D eigenvalue weighted by molar-refractivity contribution is 9.10. The molecule has 0 aromatic heterocycles. The van der Waals surface area contributed by atoms with E-state index in [9.17, 15) is 4.39 Å². The Bertz CT molecular complexity index is 347. The molecule has 14 heavy (non-hydrogen) atoms. The zero-order valence-corrected chi connectivity index (χ0v) is 9.70.